The monoisotopic (exact) mass is 426 g/mol. The lowest BCUT2D eigenvalue weighted by atomic mass is 10.2. The number of esters is 1. The summed E-state index contributed by atoms with van der Waals surface area (Å²) in [5.41, 5.74) is 0.785. The Morgan fingerprint density at radius 2 is 1.87 bits per heavy atom. The molecule has 2 heterocycles. The number of sulfonamides is 1. The second kappa shape index (κ2) is 8.07. The molecule has 0 saturated heterocycles. The third kappa shape index (κ3) is 3.94. The predicted octanol–water partition coefficient (Wildman–Crippen LogP) is 1.07. The lowest BCUT2D eigenvalue weighted by Gasteiger charge is -2.09. The molecule has 0 fully saturated rings. The molecule has 9 nitrogen and oxygen atoms in total. The van der Waals surface area contributed by atoms with E-state index in [0.717, 1.165) is 0 Å². The number of ether oxygens (including phenoxy) is 1. The standard InChI is InChI=1S/C20H18N4O5S/c25-18(12-24-13-22-16-8-3-1-6-14(16)20(24)26)29-11-5-10-21-19-15-7-2-4-9-17(15)30(27,28)23-19/h1-4,6-9,13H,5,10-12H2,(H,21,23). The Morgan fingerprint density at radius 3 is 2.73 bits per heavy atom. The van der Waals surface area contributed by atoms with Crippen LogP contribution in [0.3, 0.4) is 0 Å². The zero-order valence-corrected chi connectivity index (χ0v) is 16.6. The number of carbonyl (C=O) groups excluding carboxylic acids is 1. The summed E-state index contributed by atoms with van der Waals surface area (Å²) in [6.45, 7) is 0.249. The third-order valence-corrected chi connectivity index (χ3v) is 5.87. The van der Waals surface area contributed by atoms with Gasteiger partial charge >= 0.3 is 5.97 Å². The van der Waals surface area contributed by atoms with E-state index in [9.17, 15) is 18.0 Å². The highest BCUT2D eigenvalue weighted by atomic mass is 32.2. The highest BCUT2D eigenvalue weighted by Gasteiger charge is 2.27. The van der Waals surface area contributed by atoms with Crippen molar-refractivity contribution in [1.29, 1.82) is 0 Å². The Hall–Kier alpha value is -3.53. The average Bonchev–Trinajstić information content (AvgIpc) is 3.00. The molecule has 0 aliphatic carbocycles. The maximum Gasteiger partial charge on any atom is 0.326 e. The summed E-state index contributed by atoms with van der Waals surface area (Å²) >= 11 is 0. The van der Waals surface area contributed by atoms with Crippen molar-refractivity contribution in [3.8, 4) is 0 Å². The van der Waals surface area contributed by atoms with Gasteiger partial charge in [-0.2, -0.15) is 8.42 Å². The van der Waals surface area contributed by atoms with E-state index < -0.39 is 16.0 Å². The van der Waals surface area contributed by atoms with E-state index in [4.69, 9.17) is 4.74 Å². The Bertz CT molecular complexity index is 1310. The zero-order valence-electron chi connectivity index (χ0n) is 15.8. The van der Waals surface area contributed by atoms with E-state index >= 15 is 0 Å². The van der Waals surface area contributed by atoms with Crippen LogP contribution >= 0.6 is 0 Å². The van der Waals surface area contributed by atoms with E-state index in [0.29, 0.717) is 29.4 Å². The number of hydrogen-bond acceptors (Lipinski definition) is 7. The molecule has 1 N–H and O–H groups in total. The second-order valence-corrected chi connectivity index (χ2v) is 8.18. The molecule has 0 bridgehead atoms. The first-order valence-electron chi connectivity index (χ1n) is 9.24. The number of nitrogens with one attached hydrogen (secondary N) is 1. The van der Waals surface area contributed by atoms with Gasteiger partial charge in [0.1, 0.15) is 17.3 Å². The van der Waals surface area contributed by atoms with Gasteiger partial charge < -0.3 is 10.1 Å². The summed E-state index contributed by atoms with van der Waals surface area (Å²) in [6, 6.07) is 13.5. The van der Waals surface area contributed by atoms with Gasteiger partial charge in [0.2, 0.25) is 0 Å². The molecule has 30 heavy (non-hydrogen) atoms. The van der Waals surface area contributed by atoms with Gasteiger partial charge in [0.25, 0.3) is 15.6 Å². The first-order valence-corrected chi connectivity index (χ1v) is 10.7. The smallest absolute Gasteiger partial charge is 0.326 e. The summed E-state index contributed by atoms with van der Waals surface area (Å²) in [4.78, 5) is 28.8. The van der Waals surface area contributed by atoms with Gasteiger partial charge in [0.15, 0.2) is 0 Å². The van der Waals surface area contributed by atoms with Crippen LogP contribution in [0, 0.1) is 0 Å². The number of fused-ring (bicyclic) bond motifs is 2. The van der Waals surface area contributed by atoms with Gasteiger partial charge in [-0.1, -0.05) is 24.3 Å². The van der Waals surface area contributed by atoms with Crippen molar-refractivity contribution in [3.05, 3.63) is 70.8 Å². The first kappa shape index (κ1) is 19.8. The van der Waals surface area contributed by atoms with E-state index in [1.54, 1.807) is 42.5 Å². The predicted molar refractivity (Wildman–Crippen MR) is 110 cm³/mol. The minimum Gasteiger partial charge on any atom is -0.464 e. The van der Waals surface area contributed by atoms with Crippen LogP contribution in [0.1, 0.15) is 12.0 Å². The van der Waals surface area contributed by atoms with Crippen molar-refractivity contribution in [3.63, 3.8) is 0 Å². The fourth-order valence-electron chi connectivity index (χ4n) is 3.10. The molecule has 154 valence electrons. The lowest BCUT2D eigenvalue weighted by Crippen LogP contribution is -2.27. The van der Waals surface area contributed by atoms with Crippen molar-refractivity contribution in [2.75, 3.05) is 13.2 Å². The van der Waals surface area contributed by atoms with Crippen LogP contribution in [0.15, 0.2) is 68.9 Å². The number of hydrogen-bond donors (Lipinski definition) is 1. The fourth-order valence-corrected chi connectivity index (χ4v) is 4.30. The minimum atomic E-state index is -3.66. The van der Waals surface area contributed by atoms with Crippen molar-refractivity contribution < 1.29 is 17.9 Å². The van der Waals surface area contributed by atoms with E-state index in [-0.39, 0.29) is 29.4 Å². The van der Waals surface area contributed by atoms with E-state index in [2.05, 4.69) is 14.7 Å². The number of para-hydroxylation sites is 1. The molecule has 0 atom stereocenters. The van der Waals surface area contributed by atoms with E-state index in [1.807, 2.05) is 0 Å². The SMILES string of the molecule is O=C(Cn1cnc2ccccc2c1=O)OCCCNC1=NS(=O)(=O)c2ccccc21. The lowest BCUT2D eigenvalue weighted by molar-refractivity contribution is -0.144. The Morgan fingerprint density at radius 1 is 1.10 bits per heavy atom. The van der Waals surface area contributed by atoms with Crippen LogP contribution in [0.2, 0.25) is 0 Å². The molecule has 0 saturated carbocycles. The summed E-state index contributed by atoms with van der Waals surface area (Å²) in [7, 11) is -3.66. The molecular formula is C20H18N4O5S. The average molecular weight is 426 g/mol. The van der Waals surface area contributed by atoms with Crippen LogP contribution < -0.4 is 10.9 Å². The summed E-state index contributed by atoms with van der Waals surface area (Å²) < 4.78 is 34.1. The fraction of sp³-hybridized carbons (Fsp3) is 0.200. The van der Waals surface area contributed by atoms with Crippen molar-refractivity contribution >= 4 is 32.7 Å². The molecule has 1 aliphatic heterocycles. The third-order valence-electron chi connectivity index (χ3n) is 4.54. The van der Waals surface area contributed by atoms with Crippen LogP contribution in [-0.4, -0.2) is 42.9 Å². The zero-order chi connectivity index (χ0) is 21.1. The molecule has 0 radical (unpaired) electrons. The maximum atomic E-state index is 12.4. The quantitative estimate of drug-likeness (QED) is 0.462. The number of amidine groups is 1. The van der Waals surface area contributed by atoms with Crippen molar-refractivity contribution in [2.24, 2.45) is 4.40 Å². The van der Waals surface area contributed by atoms with Crippen molar-refractivity contribution in [2.45, 2.75) is 17.9 Å². The topological polar surface area (TPSA) is 120 Å². The molecule has 0 amide bonds. The van der Waals surface area contributed by atoms with Gasteiger partial charge in [-0.3, -0.25) is 14.2 Å². The molecule has 4 rings (SSSR count). The summed E-state index contributed by atoms with van der Waals surface area (Å²) in [5, 5.41) is 3.40. The molecular weight excluding hydrogens is 408 g/mol. The summed E-state index contributed by atoms with van der Waals surface area (Å²) in [5.74, 6) is -0.272. The highest BCUT2D eigenvalue weighted by Crippen LogP contribution is 2.24. The number of nitrogens with zero attached hydrogens (tertiary/aromatic N) is 3. The Kier molecular flexibility index (Phi) is 5.32. The van der Waals surface area contributed by atoms with Gasteiger partial charge in [0.05, 0.1) is 23.8 Å². The normalized spacial score (nSPS) is 14.2. The molecule has 3 aromatic rings. The summed E-state index contributed by atoms with van der Waals surface area (Å²) in [6.07, 6.45) is 1.77. The highest BCUT2D eigenvalue weighted by molar-refractivity contribution is 7.90. The molecule has 1 aliphatic rings. The number of benzene rings is 2. The van der Waals surface area contributed by atoms with Gasteiger partial charge in [-0.25, -0.2) is 4.98 Å². The molecule has 10 heteroatoms. The minimum absolute atomic E-state index is 0.114. The number of aromatic nitrogens is 2. The van der Waals surface area contributed by atoms with Crippen LogP contribution in [0.5, 0.6) is 0 Å². The first-order chi connectivity index (χ1) is 14.5. The maximum absolute atomic E-state index is 12.4. The molecule has 2 aromatic carbocycles. The van der Waals surface area contributed by atoms with Gasteiger partial charge in [-0.05, 0) is 30.7 Å². The Balaban J connectivity index is 1.27. The molecule has 0 spiro atoms. The van der Waals surface area contributed by atoms with Crippen LogP contribution in [0.4, 0.5) is 0 Å². The molecule has 0 unspecified atom stereocenters. The largest absolute Gasteiger partial charge is 0.464 e. The Labute approximate surface area is 172 Å². The number of rotatable bonds is 6. The van der Waals surface area contributed by atoms with Crippen LogP contribution in [-0.2, 0) is 26.1 Å². The number of carbonyl (C=O) groups is 1. The molecule has 1 aromatic heterocycles. The van der Waals surface area contributed by atoms with Gasteiger partial charge in [0, 0.05) is 12.1 Å². The van der Waals surface area contributed by atoms with Crippen LogP contribution in [0.25, 0.3) is 10.9 Å². The second-order valence-electron chi connectivity index (χ2n) is 6.61. The van der Waals surface area contributed by atoms with E-state index in [1.165, 1.54) is 17.0 Å². The van der Waals surface area contributed by atoms with Gasteiger partial charge in [-0.15, -0.1) is 4.40 Å². The van der Waals surface area contributed by atoms with Crippen molar-refractivity contribution in [1.82, 2.24) is 14.9 Å².